The number of ketones is 1. The zero-order chi connectivity index (χ0) is 23.3. The molecule has 2 aromatic rings. The highest BCUT2D eigenvalue weighted by atomic mass is 19.4. The number of para-hydroxylation sites is 1. The Morgan fingerprint density at radius 2 is 1.66 bits per heavy atom. The second-order valence-electron chi connectivity index (χ2n) is 8.68. The van der Waals surface area contributed by atoms with Gasteiger partial charge < -0.3 is 5.32 Å². The largest absolute Gasteiger partial charge is 0.425 e. The van der Waals surface area contributed by atoms with Crippen molar-refractivity contribution < 1.29 is 27.6 Å². The first-order valence-corrected chi connectivity index (χ1v) is 9.94. The number of alkyl halides is 3. The van der Waals surface area contributed by atoms with E-state index in [0.29, 0.717) is 0 Å². The molecule has 1 atom stereocenters. The van der Waals surface area contributed by atoms with Crippen molar-refractivity contribution in [2.75, 3.05) is 4.90 Å². The predicted molar refractivity (Wildman–Crippen MR) is 109 cm³/mol. The van der Waals surface area contributed by atoms with E-state index in [0.717, 1.165) is 4.90 Å². The number of nitrogens with zero attached hydrogens (tertiary/aromatic N) is 2. The van der Waals surface area contributed by atoms with Gasteiger partial charge >= 0.3 is 6.18 Å². The summed E-state index contributed by atoms with van der Waals surface area (Å²) < 4.78 is 44.1. The number of nitrogens with one attached hydrogen (secondary N) is 1. The summed E-state index contributed by atoms with van der Waals surface area (Å²) in [6.07, 6.45) is -2.86. The molecule has 1 aliphatic carbocycles. The van der Waals surface area contributed by atoms with E-state index in [2.05, 4.69) is 4.98 Å². The molecule has 1 aromatic carbocycles. The maximum atomic E-state index is 14.7. The van der Waals surface area contributed by atoms with E-state index >= 15 is 0 Å². The van der Waals surface area contributed by atoms with Crippen molar-refractivity contribution in [2.24, 2.45) is 5.41 Å². The molecule has 0 bridgehead atoms. The van der Waals surface area contributed by atoms with Crippen LogP contribution in [0, 0.1) is 5.41 Å². The number of Topliss-reactive ketones (excluding diaryl/α,β-unsaturated/α-hetero) is 1. The third kappa shape index (κ3) is 3.28. The molecule has 2 amide bonds. The number of amides is 2. The molecule has 32 heavy (non-hydrogen) atoms. The monoisotopic (exact) mass is 443 g/mol. The Hall–Kier alpha value is -3.49. The van der Waals surface area contributed by atoms with Gasteiger partial charge in [0.15, 0.2) is 5.78 Å². The topological polar surface area (TPSA) is 79.4 Å². The van der Waals surface area contributed by atoms with Crippen LogP contribution in [0.1, 0.15) is 37.0 Å². The molecular formula is C23H20F3N3O3. The number of rotatable bonds is 3. The minimum Gasteiger partial charge on any atom is -0.326 e. The predicted octanol–water partition coefficient (Wildman–Crippen LogP) is 3.80. The van der Waals surface area contributed by atoms with E-state index in [9.17, 15) is 27.6 Å². The lowest BCUT2D eigenvalue weighted by atomic mass is 9.72. The zero-order valence-electron chi connectivity index (χ0n) is 17.4. The van der Waals surface area contributed by atoms with Crippen LogP contribution < -0.4 is 10.2 Å². The number of benzene rings is 1. The smallest absolute Gasteiger partial charge is 0.326 e. The van der Waals surface area contributed by atoms with Crippen LogP contribution in [-0.2, 0) is 9.59 Å². The molecule has 0 fully saturated rings. The van der Waals surface area contributed by atoms with E-state index < -0.39 is 40.3 Å². The van der Waals surface area contributed by atoms with Crippen molar-refractivity contribution in [1.82, 2.24) is 10.3 Å². The molecular weight excluding hydrogens is 423 g/mol. The summed E-state index contributed by atoms with van der Waals surface area (Å²) >= 11 is 0. The first-order valence-electron chi connectivity index (χ1n) is 9.94. The maximum Gasteiger partial charge on any atom is 0.425 e. The summed E-state index contributed by atoms with van der Waals surface area (Å²) in [4.78, 5) is 44.1. The van der Waals surface area contributed by atoms with Gasteiger partial charge in [0.1, 0.15) is 0 Å². The third-order valence-electron chi connectivity index (χ3n) is 5.70. The number of allylic oxidation sites excluding steroid dienone is 1. The van der Waals surface area contributed by atoms with Crippen LogP contribution in [-0.4, -0.2) is 34.3 Å². The third-order valence-corrected chi connectivity index (χ3v) is 5.70. The highest BCUT2D eigenvalue weighted by Gasteiger charge is 2.71. The van der Waals surface area contributed by atoms with Gasteiger partial charge in [0.25, 0.3) is 11.8 Å². The number of pyridine rings is 1. The minimum absolute atomic E-state index is 0.0326. The van der Waals surface area contributed by atoms with Crippen molar-refractivity contribution in [3.8, 4) is 0 Å². The van der Waals surface area contributed by atoms with E-state index in [4.69, 9.17) is 0 Å². The molecule has 0 radical (unpaired) electrons. The normalized spacial score (nSPS) is 22.7. The van der Waals surface area contributed by atoms with E-state index in [-0.39, 0.29) is 29.8 Å². The Morgan fingerprint density at radius 3 is 2.25 bits per heavy atom. The Morgan fingerprint density at radius 1 is 1.03 bits per heavy atom. The minimum atomic E-state index is -5.26. The second kappa shape index (κ2) is 7.29. The van der Waals surface area contributed by atoms with Crippen LogP contribution in [0.3, 0.4) is 0 Å². The summed E-state index contributed by atoms with van der Waals surface area (Å²) in [5.41, 5.74) is -4.79. The van der Waals surface area contributed by atoms with Crippen molar-refractivity contribution in [3.05, 3.63) is 71.7 Å². The second-order valence-corrected chi connectivity index (χ2v) is 8.68. The summed E-state index contributed by atoms with van der Waals surface area (Å²) in [6, 6.07) is 10.3. The molecule has 2 aliphatic rings. The molecule has 9 heteroatoms. The van der Waals surface area contributed by atoms with Crippen molar-refractivity contribution in [3.63, 3.8) is 0 Å². The number of anilines is 1. The molecule has 2 heterocycles. The molecule has 1 aliphatic heterocycles. The first kappa shape index (κ1) is 21.7. The summed E-state index contributed by atoms with van der Waals surface area (Å²) in [6.45, 7) is 3.51. The molecule has 1 N–H and O–H groups in total. The fourth-order valence-corrected chi connectivity index (χ4v) is 4.35. The molecule has 6 nitrogen and oxygen atoms in total. The van der Waals surface area contributed by atoms with Crippen LogP contribution >= 0.6 is 0 Å². The number of hydrogen-bond acceptors (Lipinski definition) is 4. The molecule has 0 unspecified atom stereocenters. The van der Waals surface area contributed by atoms with Gasteiger partial charge in [0.05, 0.1) is 5.57 Å². The van der Waals surface area contributed by atoms with Crippen molar-refractivity contribution in [2.45, 2.75) is 38.4 Å². The fraction of sp³-hybridized carbons (Fsp3) is 0.304. The maximum absolute atomic E-state index is 14.7. The Labute approximate surface area is 182 Å². The molecule has 4 rings (SSSR count). The molecule has 1 aromatic heterocycles. The summed E-state index contributed by atoms with van der Waals surface area (Å²) in [7, 11) is 0. The van der Waals surface area contributed by atoms with Crippen molar-refractivity contribution in [1.29, 1.82) is 0 Å². The summed E-state index contributed by atoms with van der Waals surface area (Å²) in [5, 5.41) is 1.89. The molecule has 0 spiro atoms. The van der Waals surface area contributed by atoms with Crippen LogP contribution in [0.5, 0.6) is 0 Å². The Bertz CT molecular complexity index is 1130. The SMILES string of the molecule is CC1(C)CC(=O)C2=C(C1)N(c1ccccc1)C(=O)[C@@]2(NC(=O)c1ccncc1)C(F)(F)F. The lowest BCUT2D eigenvalue weighted by Gasteiger charge is -2.35. The average Bonchev–Trinajstić information content (AvgIpc) is 2.97. The van der Waals surface area contributed by atoms with Crippen LogP contribution in [0.2, 0.25) is 0 Å². The van der Waals surface area contributed by atoms with Gasteiger partial charge in [-0.05, 0) is 36.1 Å². The number of hydrogen-bond donors (Lipinski definition) is 1. The summed E-state index contributed by atoms with van der Waals surface area (Å²) in [5.74, 6) is -3.36. The fourth-order valence-electron chi connectivity index (χ4n) is 4.35. The molecule has 0 saturated heterocycles. The van der Waals surface area contributed by atoms with E-state index in [1.54, 1.807) is 32.0 Å². The van der Waals surface area contributed by atoms with Crippen molar-refractivity contribution >= 4 is 23.3 Å². The van der Waals surface area contributed by atoms with Gasteiger partial charge in [-0.25, -0.2) is 0 Å². The van der Waals surface area contributed by atoms with Gasteiger partial charge in [-0.15, -0.1) is 0 Å². The lowest BCUT2D eigenvalue weighted by molar-refractivity contribution is -0.186. The van der Waals surface area contributed by atoms with E-state index in [1.165, 1.54) is 36.7 Å². The highest BCUT2D eigenvalue weighted by molar-refractivity contribution is 6.21. The van der Waals surface area contributed by atoms with Gasteiger partial charge in [0.2, 0.25) is 5.54 Å². The Balaban J connectivity index is 1.95. The van der Waals surface area contributed by atoms with Crippen LogP contribution in [0.15, 0.2) is 66.1 Å². The molecule has 166 valence electrons. The van der Waals surface area contributed by atoms with E-state index in [1.807, 2.05) is 5.32 Å². The van der Waals surface area contributed by atoms with Crippen LogP contribution in [0.4, 0.5) is 18.9 Å². The first-order chi connectivity index (χ1) is 15.0. The number of aromatic nitrogens is 1. The van der Waals surface area contributed by atoms with Crippen LogP contribution in [0.25, 0.3) is 0 Å². The number of carbonyl (C=O) groups excluding carboxylic acids is 3. The highest BCUT2D eigenvalue weighted by Crippen LogP contribution is 2.52. The zero-order valence-corrected chi connectivity index (χ0v) is 17.4. The average molecular weight is 443 g/mol. The number of halogens is 3. The Kier molecular flexibility index (Phi) is 4.95. The van der Waals surface area contributed by atoms with Gasteiger partial charge in [-0.3, -0.25) is 24.3 Å². The lowest BCUT2D eigenvalue weighted by Crippen LogP contribution is -2.66. The standard InChI is InChI=1S/C23H20F3N3O3/c1-21(2)12-16-18(17(30)13-21)22(23(24,25)26,28-19(31)14-8-10-27-11-9-14)20(32)29(16)15-6-4-3-5-7-15/h3-11H,12-13H2,1-2H3,(H,28,31)/t22-/m1/s1. The molecule has 0 saturated carbocycles. The van der Waals surface area contributed by atoms with Gasteiger partial charge in [0, 0.05) is 35.8 Å². The van der Waals surface area contributed by atoms with Gasteiger partial charge in [-0.1, -0.05) is 32.0 Å². The van der Waals surface area contributed by atoms with Gasteiger partial charge in [-0.2, -0.15) is 13.2 Å². The quantitative estimate of drug-likeness (QED) is 0.783. The number of carbonyl (C=O) groups is 3.